The van der Waals surface area contributed by atoms with Gasteiger partial charge < -0.3 is 19.2 Å². The number of benzene rings is 1. The molecule has 0 radical (unpaired) electrons. The summed E-state index contributed by atoms with van der Waals surface area (Å²) >= 11 is 0. The third-order valence-electron chi connectivity index (χ3n) is 2.90. The van der Waals surface area contributed by atoms with Crippen LogP contribution in [0, 0.1) is 0 Å². The highest BCUT2D eigenvalue weighted by Gasteiger charge is 2.13. The van der Waals surface area contributed by atoms with E-state index in [2.05, 4.69) is 12.2 Å². The average Bonchev–Trinajstić information content (AvgIpc) is 2.92. The molecule has 1 atom stereocenters. The minimum atomic E-state index is 0.113. The lowest BCUT2D eigenvalue weighted by Gasteiger charge is -2.20. The van der Waals surface area contributed by atoms with Gasteiger partial charge in [-0.3, -0.25) is 0 Å². The maximum atomic E-state index is 5.55. The van der Waals surface area contributed by atoms with Crippen molar-refractivity contribution in [2.45, 2.75) is 13.0 Å². The maximum absolute atomic E-state index is 5.55. The van der Waals surface area contributed by atoms with Crippen LogP contribution in [0.4, 0.5) is 5.69 Å². The molecule has 1 aromatic carbocycles. The van der Waals surface area contributed by atoms with Crippen LogP contribution in [0.3, 0.4) is 0 Å². The summed E-state index contributed by atoms with van der Waals surface area (Å²) in [6.07, 6.45) is 1.68. The predicted molar refractivity (Wildman–Crippen MR) is 68.2 cm³/mol. The van der Waals surface area contributed by atoms with Crippen molar-refractivity contribution in [3.8, 4) is 11.5 Å². The van der Waals surface area contributed by atoms with Gasteiger partial charge in [-0.05, 0) is 31.2 Å². The fourth-order valence-corrected chi connectivity index (χ4v) is 1.99. The Morgan fingerprint density at radius 3 is 2.72 bits per heavy atom. The average molecular weight is 245 g/mol. The molecule has 0 fully saturated rings. The van der Waals surface area contributed by atoms with E-state index in [-0.39, 0.29) is 6.04 Å². The van der Waals surface area contributed by atoms with Gasteiger partial charge in [-0.1, -0.05) is 0 Å². The number of furan rings is 1. The van der Waals surface area contributed by atoms with Gasteiger partial charge in [0.1, 0.15) is 19.0 Å². The first-order valence-electron chi connectivity index (χ1n) is 6.02. The first-order valence-corrected chi connectivity index (χ1v) is 6.02. The van der Waals surface area contributed by atoms with Crippen LogP contribution in [0.5, 0.6) is 11.5 Å². The molecule has 1 N–H and O–H groups in total. The van der Waals surface area contributed by atoms with Crippen molar-refractivity contribution in [3.05, 3.63) is 42.4 Å². The monoisotopic (exact) mass is 245 g/mol. The molecule has 1 aliphatic rings. The van der Waals surface area contributed by atoms with E-state index in [1.54, 1.807) is 6.26 Å². The first-order chi connectivity index (χ1) is 8.83. The Hall–Kier alpha value is -2.10. The molecule has 4 heteroatoms. The summed E-state index contributed by atoms with van der Waals surface area (Å²) in [5.41, 5.74) is 0.989. The van der Waals surface area contributed by atoms with Crippen LogP contribution in [0.25, 0.3) is 0 Å². The summed E-state index contributed by atoms with van der Waals surface area (Å²) in [5, 5.41) is 3.37. The van der Waals surface area contributed by atoms with Crippen molar-refractivity contribution in [2.24, 2.45) is 0 Å². The molecule has 94 valence electrons. The van der Waals surface area contributed by atoms with Gasteiger partial charge in [0.15, 0.2) is 11.5 Å². The minimum absolute atomic E-state index is 0.113. The number of ether oxygens (including phenoxy) is 2. The maximum Gasteiger partial charge on any atom is 0.163 e. The second kappa shape index (κ2) is 4.64. The third-order valence-corrected chi connectivity index (χ3v) is 2.90. The Balaban J connectivity index is 1.77. The number of rotatable bonds is 3. The highest BCUT2D eigenvalue weighted by Crippen LogP contribution is 2.33. The summed E-state index contributed by atoms with van der Waals surface area (Å²) in [6.45, 7) is 3.27. The van der Waals surface area contributed by atoms with Gasteiger partial charge in [0.05, 0.1) is 12.3 Å². The Morgan fingerprint density at radius 2 is 1.94 bits per heavy atom. The van der Waals surface area contributed by atoms with Crippen LogP contribution in [-0.4, -0.2) is 13.2 Å². The summed E-state index contributed by atoms with van der Waals surface area (Å²) in [7, 11) is 0. The summed E-state index contributed by atoms with van der Waals surface area (Å²) < 4.78 is 16.4. The van der Waals surface area contributed by atoms with Gasteiger partial charge >= 0.3 is 0 Å². The number of hydrogen-bond acceptors (Lipinski definition) is 4. The van der Waals surface area contributed by atoms with E-state index in [1.165, 1.54) is 0 Å². The fraction of sp³-hybridized carbons (Fsp3) is 0.286. The summed E-state index contributed by atoms with van der Waals surface area (Å²) in [5.74, 6) is 2.50. The van der Waals surface area contributed by atoms with Crippen LogP contribution < -0.4 is 14.8 Å². The zero-order valence-corrected chi connectivity index (χ0v) is 10.2. The van der Waals surface area contributed by atoms with Crippen molar-refractivity contribution in [3.63, 3.8) is 0 Å². The van der Waals surface area contributed by atoms with Crippen molar-refractivity contribution in [2.75, 3.05) is 18.5 Å². The molecular formula is C14H15NO3. The molecule has 1 aromatic heterocycles. The van der Waals surface area contributed by atoms with Gasteiger partial charge in [-0.2, -0.15) is 0 Å². The topological polar surface area (TPSA) is 43.6 Å². The molecular weight excluding hydrogens is 230 g/mol. The lowest BCUT2D eigenvalue weighted by Crippen LogP contribution is -2.15. The molecule has 3 rings (SSSR count). The van der Waals surface area contributed by atoms with Crippen LogP contribution >= 0.6 is 0 Å². The van der Waals surface area contributed by atoms with E-state index in [9.17, 15) is 0 Å². The second-order valence-electron chi connectivity index (χ2n) is 4.24. The van der Waals surface area contributed by atoms with Gasteiger partial charge in [0.2, 0.25) is 0 Å². The predicted octanol–water partition coefficient (Wildman–Crippen LogP) is 3.22. The van der Waals surface area contributed by atoms with Gasteiger partial charge in [0.25, 0.3) is 0 Å². The lowest BCUT2D eigenvalue weighted by molar-refractivity contribution is 0.171. The van der Waals surface area contributed by atoms with Crippen LogP contribution in [0.1, 0.15) is 18.7 Å². The highest BCUT2D eigenvalue weighted by atomic mass is 16.6. The molecule has 0 amide bonds. The summed E-state index contributed by atoms with van der Waals surface area (Å²) in [6, 6.07) is 9.81. The number of hydrogen-bond donors (Lipinski definition) is 1. The zero-order valence-electron chi connectivity index (χ0n) is 10.2. The normalized spacial score (nSPS) is 15.2. The number of anilines is 1. The Morgan fingerprint density at radius 1 is 1.11 bits per heavy atom. The van der Waals surface area contributed by atoms with Crippen LogP contribution in [-0.2, 0) is 0 Å². The standard InChI is InChI=1S/C14H15NO3/c1-10(12-3-2-6-16-12)15-11-4-5-13-14(9-11)18-8-7-17-13/h2-6,9-10,15H,7-8H2,1H3. The molecule has 2 heterocycles. The van der Waals surface area contributed by atoms with Gasteiger partial charge in [-0.15, -0.1) is 0 Å². The minimum Gasteiger partial charge on any atom is -0.486 e. The van der Waals surface area contributed by atoms with Crippen molar-refractivity contribution in [1.82, 2.24) is 0 Å². The Kier molecular flexibility index (Phi) is 2.84. The number of nitrogens with one attached hydrogen (secondary N) is 1. The van der Waals surface area contributed by atoms with Crippen molar-refractivity contribution >= 4 is 5.69 Å². The Bertz CT molecular complexity index is 522. The summed E-state index contributed by atoms with van der Waals surface area (Å²) in [4.78, 5) is 0. The zero-order chi connectivity index (χ0) is 12.4. The van der Waals surface area contributed by atoms with Gasteiger partial charge in [-0.25, -0.2) is 0 Å². The molecule has 0 saturated carbocycles. The SMILES string of the molecule is CC(Nc1ccc2c(c1)OCCO2)c1ccco1. The third kappa shape index (κ3) is 2.14. The lowest BCUT2D eigenvalue weighted by atomic mass is 10.2. The molecule has 0 aliphatic carbocycles. The first kappa shape index (κ1) is 11.0. The molecule has 0 bridgehead atoms. The van der Waals surface area contributed by atoms with Crippen molar-refractivity contribution in [1.29, 1.82) is 0 Å². The van der Waals surface area contributed by atoms with E-state index in [0.717, 1.165) is 22.9 Å². The van der Waals surface area contributed by atoms with Crippen molar-refractivity contribution < 1.29 is 13.9 Å². The number of fused-ring (bicyclic) bond motifs is 1. The van der Waals surface area contributed by atoms with E-state index in [0.29, 0.717) is 13.2 Å². The van der Waals surface area contributed by atoms with E-state index in [4.69, 9.17) is 13.9 Å². The van der Waals surface area contributed by atoms with E-state index in [1.807, 2.05) is 30.3 Å². The molecule has 0 spiro atoms. The van der Waals surface area contributed by atoms with E-state index < -0.39 is 0 Å². The highest BCUT2D eigenvalue weighted by molar-refractivity contribution is 5.55. The van der Waals surface area contributed by atoms with E-state index >= 15 is 0 Å². The molecule has 1 aliphatic heterocycles. The molecule has 0 saturated heterocycles. The largest absolute Gasteiger partial charge is 0.486 e. The second-order valence-corrected chi connectivity index (χ2v) is 4.24. The Labute approximate surface area is 106 Å². The fourth-order valence-electron chi connectivity index (χ4n) is 1.99. The van der Waals surface area contributed by atoms with Crippen LogP contribution in [0.2, 0.25) is 0 Å². The molecule has 2 aromatic rings. The smallest absolute Gasteiger partial charge is 0.163 e. The molecule has 1 unspecified atom stereocenters. The van der Waals surface area contributed by atoms with Crippen LogP contribution in [0.15, 0.2) is 41.0 Å². The molecule has 4 nitrogen and oxygen atoms in total. The molecule has 18 heavy (non-hydrogen) atoms. The quantitative estimate of drug-likeness (QED) is 0.901. The van der Waals surface area contributed by atoms with Gasteiger partial charge in [0, 0.05) is 11.8 Å².